The fourth-order valence-corrected chi connectivity index (χ4v) is 2.96. The Morgan fingerprint density at radius 1 is 1.08 bits per heavy atom. The molecule has 3 N–H and O–H groups in total. The van der Waals surface area contributed by atoms with Crippen molar-refractivity contribution in [3.8, 4) is 0 Å². The number of anilines is 1. The van der Waals surface area contributed by atoms with E-state index >= 15 is 0 Å². The van der Waals surface area contributed by atoms with Gasteiger partial charge in [0.1, 0.15) is 0 Å². The molecule has 0 aliphatic carbocycles. The van der Waals surface area contributed by atoms with Crippen LogP contribution < -0.4 is 5.32 Å². The fourth-order valence-electron chi connectivity index (χ4n) is 2.96. The van der Waals surface area contributed by atoms with Crippen molar-refractivity contribution in [3.63, 3.8) is 0 Å². The fraction of sp³-hybridized carbons (Fsp3) is 0.150. The van der Waals surface area contributed by atoms with Crippen molar-refractivity contribution in [2.75, 3.05) is 5.32 Å². The summed E-state index contributed by atoms with van der Waals surface area (Å²) in [5.41, 5.74) is 2.42. The Morgan fingerprint density at radius 3 is 2.42 bits per heavy atom. The van der Waals surface area contributed by atoms with Crippen molar-refractivity contribution in [1.29, 1.82) is 0 Å². The maximum absolute atomic E-state index is 12.6. The number of aromatic nitrogens is 1. The Morgan fingerprint density at radius 2 is 1.77 bits per heavy atom. The SMILES string of the molecule is CC(=O)Nc1ccc(C(=O)CC(C(=O)O)c2c[nH]c3ccccc23)cc1. The summed E-state index contributed by atoms with van der Waals surface area (Å²) in [6, 6.07) is 13.8. The van der Waals surface area contributed by atoms with E-state index in [1.165, 1.54) is 6.92 Å². The van der Waals surface area contributed by atoms with Crippen LogP contribution in [0.1, 0.15) is 35.2 Å². The Bertz CT molecular complexity index is 973. The lowest BCUT2D eigenvalue weighted by Gasteiger charge is -2.11. The van der Waals surface area contributed by atoms with Crippen LogP contribution in [0, 0.1) is 0 Å². The second-order valence-corrected chi connectivity index (χ2v) is 6.07. The number of hydrogen-bond acceptors (Lipinski definition) is 3. The first-order chi connectivity index (χ1) is 12.5. The zero-order chi connectivity index (χ0) is 18.7. The molecule has 1 amide bonds. The molecule has 0 radical (unpaired) electrons. The number of rotatable bonds is 6. The molecule has 3 aromatic rings. The molecule has 6 nitrogen and oxygen atoms in total. The van der Waals surface area contributed by atoms with Crippen LogP contribution in [0.3, 0.4) is 0 Å². The molecule has 1 aromatic heterocycles. The zero-order valence-corrected chi connectivity index (χ0v) is 14.2. The van der Waals surface area contributed by atoms with Gasteiger partial charge in [-0.25, -0.2) is 0 Å². The number of carbonyl (C=O) groups is 3. The molecule has 0 aliphatic heterocycles. The van der Waals surface area contributed by atoms with Gasteiger partial charge >= 0.3 is 5.97 Å². The summed E-state index contributed by atoms with van der Waals surface area (Å²) in [6.07, 6.45) is 1.51. The lowest BCUT2D eigenvalue weighted by atomic mass is 9.91. The number of hydrogen-bond donors (Lipinski definition) is 3. The number of nitrogens with one attached hydrogen (secondary N) is 2. The predicted molar refractivity (Wildman–Crippen MR) is 98.4 cm³/mol. The standard InChI is InChI=1S/C20H18N2O4/c1-12(23)22-14-8-6-13(7-9-14)19(24)10-16(20(25)26)17-11-21-18-5-3-2-4-15(17)18/h2-9,11,16,21H,10H2,1H3,(H,22,23)(H,25,26). The number of carbonyl (C=O) groups excluding carboxylic acids is 2. The number of fused-ring (bicyclic) bond motifs is 1. The molecule has 1 atom stereocenters. The highest BCUT2D eigenvalue weighted by Crippen LogP contribution is 2.29. The Kier molecular flexibility index (Phi) is 4.84. The summed E-state index contributed by atoms with van der Waals surface area (Å²) < 4.78 is 0. The number of ketones is 1. The molecule has 0 bridgehead atoms. The van der Waals surface area contributed by atoms with Crippen molar-refractivity contribution in [1.82, 2.24) is 4.98 Å². The summed E-state index contributed by atoms with van der Waals surface area (Å²) >= 11 is 0. The Labute approximate surface area is 149 Å². The van der Waals surface area contributed by atoms with Crippen LogP contribution in [0.2, 0.25) is 0 Å². The van der Waals surface area contributed by atoms with Crippen molar-refractivity contribution in [3.05, 3.63) is 65.9 Å². The van der Waals surface area contributed by atoms with Gasteiger partial charge in [0.15, 0.2) is 5.78 Å². The van der Waals surface area contributed by atoms with Crippen LogP contribution in [0.5, 0.6) is 0 Å². The molecule has 26 heavy (non-hydrogen) atoms. The minimum Gasteiger partial charge on any atom is -0.481 e. The molecule has 2 aromatic carbocycles. The van der Waals surface area contributed by atoms with Gasteiger partial charge in [0.25, 0.3) is 0 Å². The first-order valence-electron chi connectivity index (χ1n) is 8.15. The highest BCUT2D eigenvalue weighted by atomic mass is 16.4. The van der Waals surface area contributed by atoms with Crippen LogP contribution in [-0.4, -0.2) is 27.8 Å². The molecular formula is C20H18N2O4. The van der Waals surface area contributed by atoms with Crippen LogP contribution in [0.15, 0.2) is 54.7 Å². The van der Waals surface area contributed by atoms with E-state index in [1.807, 2.05) is 24.3 Å². The number of para-hydroxylation sites is 1. The van der Waals surface area contributed by atoms with Gasteiger partial charge in [0, 0.05) is 41.7 Å². The number of carboxylic acid groups (broad SMARTS) is 1. The molecule has 3 rings (SSSR count). The smallest absolute Gasteiger partial charge is 0.311 e. The second kappa shape index (κ2) is 7.23. The number of Topliss-reactive ketones (excluding diaryl/α,β-unsaturated/α-hetero) is 1. The topological polar surface area (TPSA) is 99.3 Å². The number of benzene rings is 2. The lowest BCUT2D eigenvalue weighted by molar-refractivity contribution is -0.138. The lowest BCUT2D eigenvalue weighted by Crippen LogP contribution is -2.16. The molecule has 132 valence electrons. The Balaban J connectivity index is 1.83. The van der Waals surface area contributed by atoms with Crippen LogP contribution >= 0.6 is 0 Å². The number of aromatic amines is 1. The van der Waals surface area contributed by atoms with E-state index in [0.717, 1.165) is 10.9 Å². The van der Waals surface area contributed by atoms with Crippen molar-refractivity contribution in [2.45, 2.75) is 19.3 Å². The first kappa shape index (κ1) is 17.4. The third-order valence-corrected chi connectivity index (χ3v) is 4.21. The predicted octanol–water partition coefficient (Wildman–Crippen LogP) is 3.57. The monoisotopic (exact) mass is 350 g/mol. The quantitative estimate of drug-likeness (QED) is 0.592. The van der Waals surface area contributed by atoms with Gasteiger partial charge in [0.2, 0.25) is 5.91 Å². The number of aliphatic carboxylic acids is 1. The summed E-state index contributed by atoms with van der Waals surface area (Å²) in [5.74, 6) is -2.45. The average Bonchev–Trinajstić information content (AvgIpc) is 3.03. The maximum atomic E-state index is 12.6. The minimum absolute atomic E-state index is 0.142. The summed E-state index contributed by atoms with van der Waals surface area (Å²) in [5, 5.41) is 13.1. The average molecular weight is 350 g/mol. The highest BCUT2D eigenvalue weighted by Gasteiger charge is 2.26. The normalized spacial score (nSPS) is 11.9. The van der Waals surface area contributed by atoms with Gasteiger partial charge in [-0.05, 0) is 35.9 Å². The molecule has 0 saturated carbocycles. The van der Waals surface area contributed by atoms with Gasteiger partial charge in [-0.1, -0.05) is 18.2 Å². The molecule has 0 spiro atoms. The molecular weight excluding hydrogens is 332 g/mol. The summed E-state index contributed by atoms with van der Waals surface area (Å²) in [7, 11) is 0. The Hall–Kier alpha value is -3.41. The summed E-state index contributed by atoms with van der Waals surface area (Å²) in [4.78, 5) is 38.4. The van der Waals surface area contributed by atoms with Gasteiger partial charge in [-0.3, -0.25) is 14.4 Å². The first-order valence-corrected chi connectivity index (χ1v) is 8.15. The van der Waals surface area contributed by atoms with E-state index in [0.29, 0.717) is 16.8 Å². The molecule has 1 heterocycles. The van der Waals surface area contributed by atoms with E-state index in [1.54, 1.807) is 30.5 Å². The summed E-state index contributed by atoms with van der Waals surface area (Å²) in [6.45, 7) is 1.40. The van der Waals surface area contributed by atoms with Crippen LogP contribution in [0.25, 0.3) is 10.9 Å². The maximum Gasteiger partial charge on any atom is 0.311 e. The van der Waals surface area contributed by atoms with E-state index in [4.69, 9.17) is 0 Å². The van der Waals surface area contributed by atoms with Crippen LogP contribution in [-0.2, 0) is 9.59 Å². The largest absolute Gasteiger partial charge is 0.481 e. The third-order valence-electron chi connectivity index (χ3n) is 4.21. The third kappa shape index (κ3) is 3.64. The van der Waals surface area contributed by atoms with Gasteiger partial charge in [0.05, 0.1) is 5.92 Å². The molecule has 6 heteroatoms. The molecule has 0 fully saturated rings. The van der Waals surface area contributed by atoms with Gasteiger partial charge in [-0.2, -0.15) is 0 Å². The van der Waals surface area contributed by atoms with E-state index in [9.17, 15) is 19.5 Å². The molecule has 1 unspecified atom stereocenters. The van der Waals surface area contributed by atoms with Crippen molar-refractivity contribution >= 4 is 34.3 Å². The number of carboxylic acids is 1. The van der Waals surface area contributed by atoms with Crippen molar-refractivity contribution < 1.29 is 19.5 Å². The highest BCUT2D eigenvalue weighted by molar-refractivity contribution is 6.01. The number of amides is 1. The molecule has 0 aliphatic rings. The van der Waals surface area contributed by atoms with Crippen molar-refractivity contribution in [2.24, 2.45) is 0 Å². The van der Waals surface area contributed by atoms with Crippen LogP contribution in [0.4, 0.5) is 5.69 Å². The van der Waals surface area contributed by atoms with Gasteiger partial charge < -0.3 is 15.4 Å². The van der Waals surface area contributed by atoms with E-state index < -0.39 is 11.9 Å². The molecule has 0 saturated heterocycles. The minimum atomic E-state index is -1.04. The second-order valence-electron chi connectivity index (χ2n) is 6.07. The van der Waals surface area contributed by atoms with E-state index in [-0.39, 0.29) is 18.1 Å². The number of H-pyrrole nitrogens is 1. The zero-order valence-electron chi connectivity index (χ0n) is 14.2. The van der Waals surface area contributed by atoms with Gasteiger partial charge in [-0.15, -0.1) is 0 Å². The van der Waals surface area contributed by atoms with E-state index in [2.05, 4.69) is 10.3 Å².